The number of carbonyl (C=O) groups excluding carboxylic acids is 1. The Bertz CT molecular complexity index is 510. The number of nitrogens with zero attached hydrogens (tertiary/aromatic N) is 1. The third-order valence-corrected chi connectivity index (χ3v) is 2.11. The lowest BCUT2D eigenvalue weighted by atomic mass is 10.2. The smallest absolute Gasteiger partial charge is 0.309 e. The molecule has 0 saturated carbocycles. The lowest BCUT2D eigenvalue weighted by Crippen LogP contribution is -2.24. The van der Waals surface area contributed by atoms with Crippen molar-refractivity contribution in [1.29, 1.82) is 0 Å². The van der Waals surface area contributed by atoms with Gasteiger partial charge < -0.3 is 9.47 Å². The summed E-state index contributed by atoms with van der Waals surface area (Å²) in [5.74, 6) is -1.44. The highest BCUT2D eigenvalue weighted by Crippen LogP contribution is 2.22. The van der Waals surface area contributed by atoms with Crippen LogP contribution >= 0.6 is 0 Å². The minimum atomic E-state index is -0.844. The van der Waals surface area contributed by atoms with Gasteiger partial charge in [-0.2, -0.15) is 0 Å². The van der Waals surface area contributed by atoms with Crippen LogP contribution in [-0.4, -0.2) is 23.1 Å². The first-order valence-electron chi connectivity index (χ1n) is 5.97. The molecule has 0 radical (unpaired) electrons. The van der Waals surface area contributed by atoms with Crippen LogP contribution in [-0.2, 0) is 9.53 Å². The molecule has 0 unspecified atom stereocenters. The van der Waals surface area contributed by atoms with E-state index in [0.29, 0.717) is 0 Å². The van der Waals surface area contributed by atoms with Crippen LogP contribution in [0.25, 0.3) is 0 Å². The maximum atomic E-state index is 13.5. The quantitative estimate of drug-likeness (QED) is 0.472. The Morgan fingerprint density at radius 2 is 2.05 bits per heavy atom. The molecule has 0 heterocycles. The largest absolute Gasteiger partial charge is 0.490 e. The lowest BCUT2D eigenvalue weighted by molar-refractivity contribution is -0.385. The Morgan fingerprint density at radius 1 is 1.40 bits per heavy atom. The van der Waals surface area contributed by atoms with Gasteiger partial charge in [0.1, 0.15) is 5.60 Å². The van der Waals surface area contributed by atoms with Crippen molar-refractivity contribution in [3.63, 3.8) is 0 Å². The molecule has 0 bridgehead atoms. The number of esters is 1. The second-order valence-corrected chi connectivity index (χ2v) is 5.06. The van der Waals surface area contributed by atoms with Crippen molar-refractivity contribution in [2.45, 2.75) is 32.8 Å². The van der Waals surface area contributed by atoms with Gasteiger partial charge in [-0.1, -0.05) is 0 Å². The molecular formula is C13H16FNO5. The molecule has 20 heavy (non-hydrogen) atoms. The van der Waals surface area contributed by atoms with Crippen molar-refractivity contribution in [3.8, 4) is 5.75 Å². The zero-order valence-electron chi connectivity index (χ0n) is 11.5. The topological polar surface area (TPSA) is 78.7 Å². The van der Waals surface area contributed by atoms with E-state index in [0.717, 1.165) is 18.2 Å². The van der Waals surface area contributed by atoms with E-state index in [2.05, 4.69) is 0 Å². The summed E-state index contributed by atoms with van der Waals surface area (Å²) in [6.45, 7) is 5.15. The molecule has 0 spiro atoms. The van der Waals surface area contributed by atoms with E-state index in [4.69, 9.17) is 9.47 Å². The van der Waals surface area contributed by atoms with Crippen LogP contribution in [0.4, 0.5) is 10.1 Å². The number of rotatable bonds is 5. The predicted molar refractivity (Wildman–Crippen MR) is 69.0 cm³/mol. The van der Waals surface area contributed by atoms with E-state index in [9.17, 15) is 19.3 Å². The molecule has 110 valence electrons. The van der Waals surface area contributed by atoms with E-state index in [1.165, 1.54) is 0 Å². The number of carbonyl (C=O) groups is 1. The summed E-state index contributed by atoms with van der Waals surface area (Å²) in [6.07, 6.45) is -0.0340. The lowest BCUT2D eigenvalue weighted by Gasteiger charge is -2.19. The summed E-state index contributed by atoms with van der Waals surface area (Å²) < 4.78 is 23.6. The van der Waals surface area contributed by atoms with Crippen LogP contribution < -0.4 is 4.74 Å². The minimum Gasteiger partial charge on any atom is -0.490 e. The second-order valence-electron chi connectivity index (χ2n) is 5.06. The normalized spacial score (nSPS) is 11.0. The van der Waals surface area contributed by atoms with Crippen molar-refractivity contribution in [2.75, 3.05) is 6.61 Å². The van der Waals surface area contributed by atoms with Crippen molar-refractivity contribution >= 4 is 11.7 Å². The fraction of sp³-hybridized carbons (Fsp3) is 0.462. The molecule has 0 saturated heterocycles. The molecule has 0 aliphatic rings. The van der Waals surface area contributed by atoms with Crippen LogP contribution in [0.1, 0.15) is 27.2 Å². The summed E-state index contributed by atoms with van der Waals surface area (Å²) in [6, 6.07) is 3.05. The summed E-state index contributed by atoms with van der Waals surface area (Å²) in [7, 11) is 0. The van der Waals surface area contributed by atoms with Crippen LogP contribution in [0, 0.1) is 15.9 Å². The van der Waals surface area contributed by atoms with E-state index >= 15 is 0 Å². The fourth-order valence-corrected chi connectivity index (χ4v) is 1.36. The summed E-state index contributed by atoms with van der Waals surface area (Å²) >= 11 is 0. The number of halogens is 1. The van der Waals surface area contributed by atoms with Gasteiger partial charge in [-0.15, -0.1) is 0 Å². The third-order valence-electron chi connectivity index (χ3n) is 2.11. The maximum absolute atomic E-state index is 13.5. The van der Waals surface area contributed by atoms with E-state index in [-0.39, 0.29) is 24.5 Å². The first kappa shape index (κ1) is 15.9. The molecule has 0 aromatic heterocycles. The minimum absolute atomic E-state index is 0.0340. The monoisotopic (exact) mass is 285 g/mol. The molecule has 1 rings (SSSR count). The van der Waals surface area contributed by atoms with E-state index in [1.54, 1.807) is 20.8 Å². The van der Waals surface area contributed by atoms with Crippen LogP contribution in [0.15, 0.2) is 18.2 Å². The van der Waals surface area contributed by atoms with Crippen LogP contribution in [0.3, 0.4) is 0 Å². The summed E-state index contributed by atoms with van der Waals surface area (Å²) in [5.41, 5.74) is -0.947. The standard InChI is InChI=1S/C13H16FNO5/c1-13(2,3)20-12(16)6-7-19-11-5-4-9(15(17)18)8-10(11)14/h4-5,8H,6-7H2,1-3H3. The summed E-state index contributed by atoms with van der Waals surface area (Å²) in [4.78, 5) is 21.1. The molecule has 6 nitrogen and oxygen atoms in total. The average Bonchev–Trinajstić information content (AvgIpc) is 2.28. The Morgan fingerprint density at radius 3 is 2.55 bits per heavy atom. The van der Waals surface area contributed by atoms with Crippen molar-refractivity contribution in [1.82, 2.24) is 0 Å². The fourth-order valence-electron chi connectivity index (χ4n) is 1.36. The zero-order valence-corrected chi connectivity index (χ0v) is 11.5. The second kappa shape index (κ2) is 6.31. The van der Waals surface area contributed by atoms with Gasteiger partial charge in [0.05, 0.1) is 24.0 Å². The van der Waals surface area contributed by atoms with Gasteiger partial charge in [0.2, 0.25) is 0 Å². The van der Waals surface area contributed by atoms with E-state index < -0.39 is 22.3 Å². The number of benzene rings is 1. The zero-order chi connectivity index (χ0) is 15.3. The molecule has 0 aliphatic carbocycles. The number of hydrogen-bond donors (Lipinski definition) is 0. The van der Waals surface area contributed by atoms with Crippen molar-refractivity contribution in [3.05, 3.63) is 34.1 Å². The Balaban J connectivity index is 2.51. The predicted octanol–water partition coefficient (Wildman–Crippen LogP) is 2.84. The molecule has 0 fully saturated rings. The third kappa shape index (κ3) is 5.21. The molecule has 0 amide bonds. The molecule has 0 atom stereocenters. The first-order chi connectivity index (χ1) is 9.19. The Hall–Kier alpha value is -2.18. The Labute approximate surface area is 115 Å². The van der Waals surface area contributed by atoms with E-state index in [1.807, 2.05) is 0 Å². The van der Waals surface area contributed by atoms with Gasteiger partial charge in [0, 0.05) is 6.07 Å². The maximum Gasteiger partial charge on any atom is 0.309 e. The van der Waals surface area contributed by atoms with Gasteiger partial charge in [0.15, 0.2) is 11.6 Å². The molecule has 1 aromatic carbocycles. The number of ether oxygens (including phenoxy) is 2. The SMILES string of the molecule is CC(C)(C)OC(=O)CCOc1ccc([N+](=O)[O-])cc1F. The van der Waals surface area contributed by atoms with Crippen molar-refractivity contribution in [2.24, 2.45) is 0 Å². The molecule has 0 N–H and O–H groups in total. The summed E-state index contributed by atoms with van der Waals surface area (Å²) in [5, 5.41) is 10.4. The van der Waals surface area contributed by atoms with Gasteiger partial charge in [0.25, 0.3) is 5.69 Å². The first-order valence-corrected chi connectivity index (χ1v) is 5.97. The highest BCUT2D eigenvalue weighted by Gasteiger charge is 2.16. The number of nitro groups is 1. The van der Waals surface area contributed by atoms with Crippen LogP contribution in [0.2, 0.25) is 0 Å². The van der Waals surface area contributed by atoms with Gasteiger partial charge in [-0.3, -0.25) is 14.9 Å². The Kier molecular flexibility index (Phi) is 5.01. The average molecular weight is 285 g/mol. The van der Waals surface area contributed by atoms with Crippen molar-refractivity contribution < 1.29 is 23.6 Å². The van der Waals surface area contributed by atoms with Gasteiger partial charge >= 0.3 is 5.97 Å². The number of hydrogen-bond acceptors (Lipinski definition) is 5. The number of non-ortho nitro benzene ring substituents is 1. The molecule has 0 aliphatic heterocycles. The molecule has 7 heteroatoms. The number of nitro benzene ring substituents is 1. The molecule has 1 aromatic rings. The van der Waals surface area contributed by atoms with Crippen LogP contribution in [0.5, 0.6) is 5.75 Å². The highest BCUT2D eigenvalue weighted by atomic mass is 19.1. The highest BCUT2D eigenvalue weighted by molar-refractivity contribution is 5.69. The molecular weight excluding hydrogens is 269 g/mol. The van der Waals surface area contributed by atoms with Gasteiger partial charge in [-0.25, -0.2) is 4.39 Å². The van der Waals surface area contributed by atoms with Gasteiger partial charge in [-0.05, 0) is 26.8 Å².